The van der Waals surface area contributed by atoms with Gasteiger partial charge in [-0.15, -0.1) is 11.3 Å². The first-order valence-electron chi connectivity index (χ1n) is 4.99. The standard InChI is InChI=1S/C11H15N3S/c1-8-3-10(9(2)15-8)4-12-5-11-6-13-7-14-11/h3,6-7,12H,4-5H2,1-2H3,(H,13,14). The Morgan fingerprint density at radius 3 is 2.87 bits per heavy atom. The highest BCUT2D eigenvalue weighted by atomic mass is 32.1. The average Bonchev–Trinajstić information content (AvgIpc) is 2.77. The number of nitrogens with zero attached hydrogens (tertiary/aromatic N) is 1. The van der Waals surface area contributed by atoms with Crippen LogP contribution in [0.15, 0.2) is 18.6 Å². The first kappa shape index (κ1) is 10.4. The molecule has 80 valence electrons. The molecule has 2 N–H and O–H groups in total. The van der Waals surface area contributed by atoms with Gasteiger partial charge >= 0.3 is 0 Å². The Hall–Kier alpha value is -1.13. The predicted molar refractivity (Wildman–Crippen MR) is 62.9 cm³/mol. The van der Waals surface area contributed by atoms with Crippen LogP contribution in [0.25, 0.3) is 0 Å². The topological polar surface area (TPSA) is 40.7 Å². The van der Waals surface area contributed by atoms with Gasteiger partial charge in [-0.25, -0.2) is 4.98 Å². The smallest absolute Gasteiger partial charge is 0.0922 e. The van der Waals surface area contributed by atoms with E-state index in [4.69, 9.17) is 0 Å². The molecule has 2 rings (SSSR count). The molecule has 0 atom stereocenters. The third-order valence-corrected chi connectivity index (χ3v) is 3.34. The highest BCUT2D eigenvalue weighted by Gasteiger charge is 2.02. The van der Waals surface area contributed by atoms with Crippen molar-refractivity contribution >= 4 is 11.3 Å². The van der Waals surface area contributed by atoms with Crippen LogP contribution in [0, 0.1) is 13.8 Å². The molecule has 0 unspecified atom stereocenters. The summed E-state index contributed by atoms with van der Waals surface area (Å²) in [4.78, 5) is 9.84. The summed E-state index contributed by atoms with van der Waals surface area (Å²) in [6, 6.07) is 2.25. The molecular weight excluding hydrogens is 206 g/mol. The number of nitrogens with one attached hydrogen (secondary N) is 2. The molecule has 0 spiro atoms. The van der Waals surface area contributed by atoms with E-state index in [0.29, 0.717) is 0 Å². The Kier molecular flexibility index (Phi) is 3.18. The van der Waals surface area contributed by atoms with E-state index in [1.807, 2.05) is 17.5 Å². The fraction of sp³-hybridized carbons (Fsp3) is 0.364. The van der Waals surface area contributed by atoms with Crippen LogP contribution in [-0.2, 0) is 13.1 Å². The van der Waals surface area contributed by atoms with Gasteiger partial charge in [0.05, 0.1) is 6.33 Å². The minimum absolute atomic E-state index is 0.842. The van der Waals surface area contributed by atoms with Gasteiger partial charge in [0.1, 0.15) is 0 Å². The molecule has 0 saturated carbocycles. The maximum absolute atomic E-state index is 3.98. The molecule has 0 bridgehead atoms. The first-order chi connectivity index (χ1) is 7.25. The normalized spacial score (nSPS) is 10.8. The zero-order valence-electron chi connectivity index (χ0n) is 9.00. The van der Waals surface area contributed by atoms with Gasteiger partial charge in [0, 0.05) is 34.7 Å². The lowest BCUT2D eigenvalue weighted by atomic mass is 10.2. The van der Waals surface area contributed by atoms with Crippen molar-refractivity contribution in [3.8, 4) is 0 Å². The molecule has 0 fully saturated rings. The fourth-order valence-corrected chi connectivity index (χ4v) is 2.52. The van der Waals surface area contributed by atoms with Crippen LogP contribution in [0.5, 0.6) is 0 Å². The van der Waals surface area contributed by atoms with Crippen molar-refractivity contribution < 1.29 is 0 Å². The second-order valence-electron chi connectivity index (χ2n) is 3.62. The fourth-order valence-electron chi connectivity index (χ4n) is 1.57. The molecule has 15 heavy (non-hydrogen) atoms. The largest absolute Gasteiger partial charge is 0.347 e. The Labute approximate surface area is 93.6 Å². The van der Waals surface area contributed by atoms with E-state index in [1.165, 1.54) is 15.3 Å². The summed E-state index contributed by atoms with van der Waals surface area (Å²) >= 11 is 1.86. The second kappa shape index (κ2) is 4.59. The van der Waals surface area contributed by atoms with Crippen molar-refractivity contribution in [2.45, 2.75) is 26.9 Å². The lowest BCUT2D eigenvalue weighted by Gasteiger charge is -2.01. The summed E-state index contributed by atoms with van der Waals surface area (Å²) in [7, 11) is 0. The average molecular weight is 221 g/mol. The van der Waals surface area contributed by atoms with Crippen LogP contribution in [0.1, 0.15) is 21.0 Å². The van der Waals surface area contributed by atoms with Crippen molar-refractivity contribution in [1.82, 2.24) is 15.3 Å². The second-order valence-corrected chi connectivity index (χ2v) is 5.08. The van der Waals surface area contributed by atoms with Crippen molar-refractivity contribution in [2.75, 3.05) is 0 Å². The van der Waals surface area contributed by atoms with Gasteiger partial charge in [0.25, 0.3) is 0 Å². The molecule has 2 aromatic heterocycles. The van der Waals surface area contributed by atoms with Crippen molar-refractivity contribution in [2.24, 2.45) is 0 Å². The predicted octanol–water partition coefficient (Wildman–Crippen LogP) is 2.38. The van der Waals surface area contributed by atoms with Crippen LogP contribution in [0.2, 0.25) is 0 Å². The Bertz CT molecular complexity index is 417. The third kappa shape index (κ3) is 2.67. The van der Waals surface area contributed by atoms with Crippen molar-refractivity contribution in [3.63, 3.8) is 0 Å². The van der Waals surface area contributed by atoms with E-state index >= 15 is 0 Å². The number of hydrogen-bond acceptors (Lipinski definition) is 3. The van der Waals surface area contributed by atoms with Gasteiger partial charge in [-0.05, 0) is 25.5 Å². The zero-order chi connectivity index (χ0) is 10.7. The summed E-state index contributed by atoms with van der Waals surface area (Å²) < 4.78 is 0. The number of rotatable bonds is 4. The highest BCUT2D eigenvalue weighted by Crippen LogP contribution is 2.20. The highest BCUT2D eigenvalue weighted by molar-refractivity contribution is 7.12. The summed E-state index contributed by atoms with van der Waals surface area (Å²) in [6.07, 6.45) is 3.55. The number of thiophene rings is 1. The van der Waals surface area contributed by atoms with Gasteiger partial charge in [0.15, 0.2) is 0 Å². The third-order valence-electron chi connectivity index (χ3n) is 2.33. The summed E-state index contributed by atoms with van der Waals surface area (Å²) in [5, 5.41) is 3.39. The van der Waals surface area contributed by atoms with Crippen LogP contribution >= 0.6 is 11.3 Å². The molecule has 2 heterocycles. The number of imidazole rings is 1. The molecule has 0 aliphatic heterocycles. The van der Waals surface area contributed by atoms with E-state index < -0.39 is 0 Å². The lowest BCUT2D eigenvalue weighted by Crippen LogP contribution is -2.12. The number of hydrogen-bond donors (Lipinski definition) is 2. The number of aryl methyl sites for hydroxylation is 2. The van der Waals surface area contributed by atoms with E-state index in [1.54, 1.807) is 6.33 Å². The number of H-pyrrole nitrogens is 1. The van der Waals surface area contributed by atoms with E-state index in [2.05, 4.69) is 35.2 Å². The van der Waals surface area contributed by atoms with Gasteiger partial charge in [-0.1, -0.05) is 0 Å². The SMILES string of the molecule is Cc1cc(CNCc2cnc[nH]2)c(C)s1. The maximum Gasteiger partial charge on any atom is 0.0922 e. The number of aromatic nitrogens is 2. The monoisotopic (exact) mass is 221 g/mol. The maximum atomic E-state index is 3.98. The van der Waals surface area contributed by atoms with E-state index in [-0.39, 0.29) is 0 Å². The molecule has 2 aromatic rings. The summed E-state index contributed by atoms with van der Waals surface area (Å²) in [5.74, 6) is 0. The Morgan fingerprint density at radius 1 is 1.40 bits per heavy atom. The van der Waals surface area contributed by atoms with Crippen LogP contribution in [-0.4, -0.2) is 9.97 Å². The van der Waals surface area contributed by atoms with Gasteiger partial charge in [-0.2, -0.15) is 0 Å². The lowest BCUT2D eigenvalue weighted by molar-refractivity contribution is 0.681. The van der Waals surface area contributed by atoms with Crippen LogP contribution in [0.3, 0.4) is 0 Å². The molecule has 4 heteroatoms. The molecule has 0 saturated heterocycles. The number of aromatic amines is 1. The molecule has 0 aliphatic rings. The van der Waals surface area contributed by atoms with Crippen molar-refractivity contribution in [1.29, 1.82) is 0 Å². The van der Waals surface area contributed by atoms with E-state index in [9.17, 15) is 0 Å². The van der Waals surface area contributed by atoms with Gasteiger partial charge in [-0.3, -0.25) is 0 Å². The quantitative estimate of drug-likeness (QED) is 0.832. The van der Waals surface area contributed by atoms with E-state index in [0.717, 1.165) is 18.8 Å². The molecule has 0 radical (unpaired) electrons. The summed E-state index contributed by atoms with van der Waals surface area (Å²) in [6.45, 7) is 6.09. The molecule has 0 aliphatic carbocycles. The molecule has 0 amide bonds. The molecular formula is C11H15N3S. The Morgan fingerprint density at radius 2 is 2.27 bits per heavy atom. The van der Waals surface area contributed by atoms with Crippen molar-refractivity contribution in [3.05, 3.63) is 39.6 Å². The summed E-state index contributed by atoms with van der Waals surface area (Å²) in [5.41, 5.74) is 2.52. The molecule has 0 aromatic carbocycles. The van der Waals surface area contributed by atoms with Gasteiger partial charge in [0.2, 0.25) is 0 Å². The molecule has 3 nitrogen and oxygen atoms in total. The minimum Gasteiger partial charge on any atom is -0.347 e. The van der Waals surface area contributed by atoms with Crippen LogP contribution in [0.4, 0.5) is 0 Å². The first-order valence-corrected chi connectivity index (χ1v) is 5.81. The Balaban J connectivity index is 1.86. The zero-order valence-corrected chi connectivity index (χ0v) is 9.82. The van der Waals surface area contributed by atoms with Gasteiger partial charge < -0.3 is 10.3 Å². The van der Waals surface area contributed by atoms with Crippen LogP contribution < -0.4 is 5.32 Å². The minimum atomic E-state index is 0.842.